The molecular weight excluding hydrogens is 340 g/mol. The molecule has 0 atom stereocenters. The van der Waals surface area contributed by atoms with E-state index in [1.165, 1.54) is 7.05 Å². The van der Waals surface area contributed by atoms with Gasteiger partial charge in [-0.1, -0.05) is 18.2 Å². The highest BCUT2D eigenvalue weighted by Crippen LogP contribution is 2.38. The molecule has 1 saturated carbocycles. The van der Waals surface area contributed by atoms with Crippen LogP contribution >= 0.6 is 0 Å². The molecule has 25 heavy (non-hydrogen) atoms. The molecular formula is C16H18N6O2S. The summed E-state index contributed by atoms with van der Waals surface area (Å²) in [7, 11) is -2.10. The number of anilines is 1. The molecule has 1 fully saturated rings. The molecule has 2 aromatic heterocycles. The van der Waals surface area contributed by atoms with Crippen molar-refractivity contribution in [1.82, 2.24) is 24.5 Å². The summed E-state index contributed by atoms with van der Waals surface area (Å²) >= 11 is 0. The summed E-state index contributed by atoms with van der Waals surface area (Å²) < 4.78 is 28.4. The molecule has 1 aromatic carbocycles. The van der Waals surface area contributed by atoms with Crippen molar-refractivity contribution in [2.45, 2.75) is 30.2 Å². The van der Waals surface area contributed by atoms with E-state index in [1.54, 1.807) is 22.7 Å². The smallest absolute Gasteiger partial charge is 0.240 e. The lowest BCUT2D eigenvalue weighted by atomic mass is 10.2. The Morgan fingerprint density at radius 1 is 1.16 bits per heavy atom. The van der Waals surface area contributed by atoms with Crippen LogP contribution in [-0.2, 0) is 16.6 Å². The van der Waals surface area contributed by atoms with Crippen LogP contribution in [0.25, 0.3) is 5.65 Å². The molecule has 8 nitrogen and oxygen atoms in total. The van der Waals surface area contributed by atoms with Crippen LogP contribution in [0.3, 0.4) is 0 Å². The van der Waals surface area contributed by atoms with Gasteiger partial charge in [0.1, 0.15) is 5.82 Å². The Kier molecular flexibility index (Phi) is 3.89. The summed E-state index contributed by atoms with van der Waals surface area (Å²) in [5, 5.41) is 16.1. The Labute approximate surface area is 145 Å². The number of rotatable bonds is 6. The number of hydrogen-bond acceptors (Lipinski definition) is 6. The number of sulfonamides is 1. The monoisotopic (exact) mass is 358 g/mol. The third kappa shape index (κ3) is 3.08. The zero-order valence-electron chi connectivity index (χ0n) is 13.7. The van der Waals surface area contributed by atoms with Gasteiger partial charge in [0.15, 0.2) is 11.5 Å². The van der Waals surface area contributed by atoms with Gasteiger partial charge in [0.05, 0.1) is 4.90 Å². The molecule has 0 unspecified atom stereocenters. The predicted molar refractivity (Wildman–Crippen MR) is 92.8 cm³/mol. The SMILES string of the molecule is CNS(=O)(=O)c1ccccc1CNc1ccc2nnc(C3CC3)n2n1. The number of hydrogen-bond donors (Lipinski definition) is 2. The van der Waals surface area contributed by atoms with Crippen molar-refractivity contribution in [1.29, 1.82) is 0 Å². The quantitative estimate of drug-likeness (QED) is 0.693. The lowest BCUT2D eigenvalue weighted by molar-refractivity contribution is 0.587. The first kappa shape index (κ1) is 16.0. The summed E-state index contributed by atoms with van der Waals surface area (Å²) in [6, 6.07) is 10.6. The highest BCUT2D eigenvalue weighted by Gasteiger charge is 2.29. The van der Waals surface area contributed by atoms with Gasteiger partial charge in [-0.15, -0.1) is 15.3 Å². The Hall–Kier alpha value is -2.52. The van der Waals surface area contributed by atoms with Gasteiger partial charge < -0.3 is 5.32 Å². The zero-order chi connectivity index (χ0) is 17.4. The van der Waals surface area contributed by atoms with E-state index in [9.17, 15) is 8.42 Å². The number of benzene rings is 1. The maximum atomic E-state index is 12.1. The van der Waals surface area contributed by atoms with E-state index in [0.717, 1.165) is 18.7 Å². The summed E-state index contributed by atoms with van der Waals surface area (Å²) in [6.07, 6.45) is 2.24. The molecule has 0 aliphatic heterocycles. The minimum Gasteiger partial charge on any atom is -0.365 e. The molecule has 0 bridgehead atoms. The Morgan fingerprint density at radius 3 is 2.72 bits per heavy atom. The molecule has 4 rings (SSSR count). The Bertz CT molecular complexity index is 1030. The molecule has 1 aliphatic rings. The molecule has 130 valence electrons. The molecule has 2 N–H and O–H groups in total. The number of nitrogens with zero attached hydrogens (tertiary/aromatic N) is 4. The van der Waals surface area contributed by atoms with Gasteiger partial charge in [0, 0.05) is 12.5 Å². The first-order valence-electron chi connectivity index (χ1n) is 8.06. The normalized spacial score (nSPS) is 14.8. The van der Waals surface area contributed by atoms with E-state index in [4.69, 9.17) is 0 Å². The van der Waals surface area contributed by atoms with Gasteiger partial charge >= 0.3 is 0 Å². The van der Waals surface area contributed by atoms with Crippen LogP contribution < -0.4 is 10.0 Å². The number of nitrogens with one attached hydrogen (secondary N) is 2. The van der Waals surface area contributed by atoms with Gasteiger partial charge in [-0.2, -0.15) is 4.52 Å². The average molecular weight is 358 g/mol. The summed E-state index contributed by atoms with van der Waals surface area (Å²) in [6.45, 7) is 0.344. The van der Waals surface area contributed by atoms with Crippen LogP contribution in [-0.4, -0.2) is 35.3 Å². The second-order valence-corrected chi connectivity index (χ2v) is 7.84. The molecule has 1 aliphatic carbocycles. The van der Waals surface area contributed by atoms with Crippen molar-refractivity contribution < 1.29 is 8.42 Å². The van der Waals surface area contributed by atoms with Crippen LogP contribution in [0.15, 0.2) is 41.3 Å². The van der Waals surface area contributed by atoms with Gasteiger partial charge in [0.2, 0.25) is 10.0 Å². The van der Waals surface area contributed by atoms with Crippen LogP contribution in [0.2, 0.25) is 0 Å². The standard InChI is InChI=1S/C16H18N6O2S/c1-17-25(23,24)13-5-3-2-4-12(13)10-18-14-8-9-15-19-20-16(11-6-7-11)22(15)21-14/h2-5,8-9,11,17H,6-7,10H2,1H3,(H,18,21). The van der Waals surface area contributed by atoms with Crippen molar-refractivity contribution >= 4 is 21.5 Å². The minimum atomic E-state index is -3.50. The maximum Gasteiger partial charge on any atom is 0.240 e. The Morgan fingerprint density at radius 2 is 1.96 bits per heavy atom. The van der Waals surface area contributed by atoms with E-state index in [-0.39, 0.29) is 4.90 Å². The highest BCUT2D eigenvalue weighted by atomic mass is 32.2. The van der Waals surface area contributed by atoms with Crippen LogP contribution in [0.4, 0.5) is 5.82 Å². The van der Waals surface area contributed by atoms with Gasteiger partial charge in [-0.25, -0.2) is 13.1 Å². The maximum absolute atomic E-state index is 12.1. The summed E-state index contributed by atoms with van der Waals surface area (Å²) in [5.74, 6) is 1.97. The van der Waals surface area contributed by atoms with Crippen molar-refractivity contribution in [3.8, 4) is 0 Å². The fraction of sp³-hybridized carbons (Fsp3) is 0.312. The minimum absolute atomic E-state index is 0.258. The summed E-state index contributed by atoms with van der Waals surface area (Å²) in [5.41, 5.74) is 1.38. The van der Waals surface area contributed by atoms with E-state index in [1.807, 2.05) is 18.2 Å². The largest absolute Gasteiger partial charge is 0.365 e. The number of fused-ring (bicyclic) bond motifs is 1. The lowest BCUT2D eigenvalue weighted by Gasteiger charge is -2.11. The Balaban J connectivity index is 1.60. The topological polar surface area (TPSA) is 101 Å². The third-order valence-electron chi connectivity index (χ3n) is 4.22. The second kappa shape index (κ2) is 6.08. The van der Waals surface area contributed by atoms with Gasteiger partial charge in [-0.3, -0.25) is 0 Å². The van der Waals surface area contributed by atoms with Crippen molar-refractivity contribution in [3.05, 3.63) is 47.8 Å². The molecule has 0 saturated heterocycles. The van der Waals surface area contributed by atoms with Crippen LogP contribution in [0.5, 0.6) is 0 Å². The van der Waals surface area contributed by atoms with Gasteiger partial charge in [-0.05, 0) is 43.7 Å². The predicted octanol–water partition coefficient (Wildman–Crippen LogP) is 1.52. The molecule has 2 heterocycles. The zero-order valence-corrected chi connectivity index (χ0v) is 14.5. The van der Waals surface area contributed by atoms with Crippen LogP contribution in [0.1, 0.15) is 30.1 Å². The third-order valence-corrected chi connectivity index (χ3v) is 5.74. The fourth-order valence-electron chi connectivity index (χ4n) is 2.70. The molecule has 3 aromatic rings. The van der Waals surface area contributed by atoms with Gasteiger partial charge in [0.25, 0.3) is 0 Å². The molecule has 0 radical (unpaired) electrons. The van der Waals surface area contributed by atoms with Crippen LogP contribution in [0, 0.1) is 0 Å². The van der Waals surface area contributed by atoms with E-state index in [2.05, 4.69) is 25.3 Å². The second-order valence-electron chi connectivity index (χ2n) is 5.99. The van der Waals surface area contributed by atoms with Crippen molar-refractivity contribution in [3.63, 3.8) is 0 Å². The number of aromatic nitrogens is 4. The van der Waals surface area contributed by atoms with Crippen molar-refractivity contribution in [2.75, 3.05) is 12.4 Å². The molecule has 0 amide bonds. The summed E-state index contributed by atoms with van der Waals surface area (Å²) in [4.78, 5) is 0.258. The lowest BCUT2D eigenvalue weighted by Crippen LogP contribution is -2.20. The van der Waals surface area contributed by atoms with E-state index in [0.29, 0.717) is 29.5 Å². The first-order valence-corrected chi connectivity index (χ1v) is 9.54. The molecule has 0 spiro atoms. The highest BCUT2D eigenvalue weighted by molar-refractivity contribution is 7.89. The van der Waals surface area contributed by atoms with E-state index < -0.39 is 10.0 Å². The fourth-order valence-corrected chi connectivity index (χ4v) is 3.67. The van der Waals surface area contributed by atoms with E-state index >= 15 is 0 Å². The first-order chi connectivity index (χ1) is 12.1. The average Bonchev–Trinajstić information content (AvgIpc) is 3.39. The molecule has 9 heteroatoms. The van der Waals surface area contributed by atoms with Crippen molar-refractivity contribution in [2.24, 2.45) is 0 Å².